The number of hydrogen-bond acceptors (Lipinski definition) is 6. The van der Waals surface area contributed by atoms with Crippen LogP contribution in [0.2, 0.25) is 0 Å². The highest BCUT2D eigenvalue weighted by Gasteiger charge is 2.40. The third-order valence-corrected chi connectivity index (χ3v) is 8.01. The largest absolute Gasteiger partial charge is 0.504 e. The average Bonchev–Trinajstić information content (AvgIpc) is 3.62. The maximum atomic E-state index is 11.6. The number of amides is 1. The third kappa shape index (κ3) is 9.70. The zero-order valence-electron chi connectivity index (χ0n) is 26.3. The van der Waals surface area contributed by atoms with Crippen molar-refractivity contribution in [3.05, 3.63) is 47.7 Å². The predicted octanol–water partition coefficient (Wildman–Crippen LogP) is 7.03. The number of aromatic hydroxyl groups is 1. The molecule has 7 nitrogen and oxygen atoms in total. The number of rotatable bonds is 9. The molecule has 226 valence electrons. The lowest BCUT2D eigenvalue weighted by Crippen LogP contribution is -2.30. The van der Waals surface area contributed by atoms with Crippen LogP contribution in [0.5, 0.6) is 5.75 Å². The van der Waals surface area contributed by atoms with Crippen LogP contribution in [0.15, 0.2) is 41.5 Å². The van der Waals surface area contributed by atoms with Crippen LogP contribution in [0.1, 0.15) is 90.2 Å². The standard InChI is InChI=1S/C17H19N3O.C10H19NO.C7H15N/c1-4-12(9-19-3)13-5-7-14(8-6-13)15-10-20-17(18)16(21)11(15)2;1-3-5-10(6-4-2)7-8-11-9(10)12;1-2-5-8-6-3-4-7-8/h4-10,21H,1-3H3,(H2,18,20);3-8H2,1-2H3,(H,11,12);2-7H2,1H3/b12-4+,19-9?;;. The number of aromatic nitrogens is 1. The van der Waals surface area contributed by atoms with Gasteiger partial charge in [0, 0.05) is 37.1 Å². The number of hydrogen-bond donors (Lipinski definition) is 3. The lowest BCUT2D eigenvalue weighted by Gasteiger charge is -2.24. The number of carbonyl (C=O) groups is 1. The molecular formula is C34H53N5O2. The molecule has 41 heavy (non-hydrogen) atoms. The summed E-state index contributed by atoms with van der Waals surface area (Å²) < 4.78 is 0. The van der Waals surface area contributed by atoms with E-state index in [0.29, 0.717) is 5.91 Å². The first kappa shape index (κ1) is 34.0. The molecule has 0 spiro atoms. The SMILES string of the molecule is C/C=C(\C=NC)c1ccc(-c2cnc(N)c(O)c2C)cc1.CCCC1(CCC)CCNC1=O.CCCN1CCCC1. The molecule has 0 aliphatic carbocycles. The zero-order chi connectivity index (χ0) is 30.3. The van der Waals surface area contributed by atoms with E-state index in [2.05, 4.69) is 41.0 Å². The van der Waals surface area contributed by atoms with Crippen LogP contribution in [0.25, 0.3) is 16.7 Å². The van der Waals surface area contributed by atoms with Crippen molar-refractivity contribution in [1.29, 1.82) is 0 Å². The van der Waals surface area contributed by atoms with E-state index in [9.17, 15) is 9.90 Å². The van der Waals surface area contributed by atoms with Crippen molar-refractivity contribution in [2.45, 2.75) is 86.0 Å². The quantitative estimate of drug-likeness (QED) is 0.284. The van der Waals surface area contributed by atoms with E-state index in [0.717, 1.165) is 66.5 Å². The highest BCUT2D eigenvalue weighted by molar-refractivity contribution is 6.09. The fraction of sp³-hybridized carbons (Fsp3) is 0.559. The normalized spacial score (nSPS) is 16.6. The number of anilines is 1. The summed E-state index contributed by atoms with van der Waals surface area (Å²) in [6.45, 7) is 15.3. The molecule has 7 heteroatoms. The number of nitrogens with two attached hydrogens (primary N) is 1. The van der Waals surface area contributed by atoms with Gasteiger partial charge in [0.25, 0.3) is 0 Å². The maximum Gasteiger partial charge on any atom is 0.226 e. The Kier molecular flexibility index (Phi) is 14.6. The van der Waals surface area contributed by atoms with E-state index in [1.807, 2.05) is 50.4 Å². The number of carbonyl (C=O) groups excluding carboxylic acids is 1. The Morgan fingerprint density at radius 2 is 1.76 bits per heavy atom. The molecule has 2 aliphatic rings. The van der Waals surface area contributed by atoms with Gasteiger partial charge in [0.15, 0.2) is 11.6 Å². The number of nitrogens with one attached hydrogen (secondary N) is 1. The number of aliphatic imine (C=N–C) groups is 1. The van der Waals surface area contributed by atoms with Gasteiger partial charge in [-0.25, -0.2) is 4.98 Å². The van der Waals surface area contributed by atoms with Crippen LogP contribution in [0, 0.1) is 12.3 Å². The molecule has 1 aromatic heterocycles. The minimum absolute atomic E-state index is 0.00347. The Labute approximate surface area is 248 Å². The Morgan fingerprint density at radius 3 is 2.24 bits per heavy atom. The van der Waals surface area contributed by atoms with E-state index < -0.39 is 0 Å². The van der Waals surface area contributed by atoms with Crippen molar-refractivity contribution in [2.24, 2.45) is 10.4 Å². The summed E-state index contributed by atoms with van der Waals surface area (Å²) >= 11 is 0. The fourth-order valence-corrected chi connectivity index (χ4v) is 5.80. The second-order valence-corrected chi connectivity index (χ2v) is 11.1. The molecule has 0 saturated carbocycles. The Balaban J connectivity index is 0.000000246. The van der Waals surface area contributed by atoms with Gasteiger partial charge in [-0.1, -0.05) is 64.0 Å². The van der Waals surface area contributed by atoms with Crippen molar-refractivity contribution < 1.29 is 9.90 Å². The van der Waals surface area contributed by atoms with E-state index in [4.69, 9.17) is 5.73 Å². The van der Waals surface area contributed by atoms with Gasteiger partial charge in [-0.2, -0.15) is 0 Å². The first-order valence-corrected chi connectivity index (χ1v) is 15.4. The first-order valence-electron chi connectivity index (χ1n) is 15.4. The van der Waals surface area contributed by atoms with E-state index in [1.165, 1.54) is 38.9 Å². The smallest absolute Gasteiger partial charge is 0.226 e. The maximum absolute atomic E-state index is 11.6. The fourth-order valence-electron chi connectivity index (χ4n) is 5.80. The van der Waals surface area contributed by atoms with Crippen molar-refractivity contribution in [3.8, 4) is 16.9 Å². The summed E-state index contributed by atoms with van der Waals surface area (Å²) in [5.74, 6) is 0.498. The molecule has 2 aliphatic heterocycles. The van der Waals surface area contributed by atoms with E-state index in [1.54, 1.807) is 13.2 Å². The van der Waals surface area contributed by atoms with Crippen molar-refractivity contribution in [1.82, 2.24) is 15.2 Å². The van der Waals surface area contributed by atoms with Gasteiger partial charge in [-0.15, -0.1) is 0 Å². The van der Waals surface area contributed by atoms with Gasteiger partial charge in [0.1, 0.15) is 0 Å². The number of pyridine rings is 1. The predicted molar refractivity (Wildman–Crippen MR) is 174 cm³/mol. The molecule has 0 unspecified atom stereocenters. The highest BCUT2D eigenvalue weighted by Crippen LogP contribution is 2.36. The first-order chi connectivity index (χ1) is 19.8. The van der Waals surface area contributed by atoms with Crippen LogP contribution >= 0.6 is 0 Å². The number of allylic oxidation sites excluding steroid dienone is 2. The van der Waals surface area contributed by atoms with Gasteiger partial charge in [-0.3, -0.25) is 9.79 Å². The molecule has 3 heterocycles. The van der Waals surface area contributed by atoms with Crippen LogP contribution in [0.3, 0.4) is 0 Å². The van der Waals surface area contributed by atoms with Crippen LogP contribution in [0.4, 0.5) is 5.82 Å². The summed E-state index contributed by atoms with van der Waals surface area (Å²) in [6.07, 6.45) is 15.1. The molecule has 0 atom stereocenters. The highest BCUT2D eigenvalue weighted by atomic mass is 16.3. The van der Waals surface area contributed by atoms with Crippen LogP contribution < -0.4 is 11.1 Å². The van der Waals surface area contributed by atoms with Gasteiger partial charge >= 0.3 is 0 Å². The van der Waals surface area contributed by atoms with Crippen molar-refractivity contribution in [2.75, 3.05) is 39.0 Å². The van der Waals surface area contributed by atoms with E-state index in [-0.39, 0.29) is 17.0 Å². The summed E-state index contributed by atoms with van der Waals surface area (Å²) in [4.78, 5) is 22.2. The topological polar surface area (TPSA) is 104 Å². The summed E-state index contributed by atoms with van der Waals surface area (Å²) in [5.41, 5.74) is 10.4. The molecule has 4 rings (SSSR count). The lowest BCUT2D eigenvalue weighted by atomic mass is 9.78. The molecule has 0 radical (unpaired) electrons. The minimum Gasteiger partial charge on any atom is -0.504 e. The number of nitrogens with zero attached hydrogens (tertiary/aromatic N) is 3. The molecule has 4 N–H and O–H groups in total. The average molecular weight is 564 g/mol. The molecule has 2 saturated heterocycles. The number of nitrogen functional groups attached to an aromatic ring is 1. The van der Waals surface area contributed by atoms with E-state index >= 15 is 0 Å². The Morgan fingerprint density at radius 1 is 1.12 bits per heavy atom. The summed E-state index contributed by atoms with van der Waals surface area (Å²) in [6, 6.07) is 8.06. The number of likely N-dealkylation sites (tertiary alicyclic amines) is 1. The molecule has 0 bridgehead atoms. The second kappa shape index (κ2) is 17.6. The Bertz CT molecular complexity index is 1130. The molecular weight excluding hydrogens is 510 g/mol. The van der Waals surface area contributed by atoms with Crippen molar-refractivity contribution in [3.63, 3.8) is 0 Å². The second-order valence-electron chi connectivity index (χ2n) is 11.1. The minimum atomic E-state index is 0.00347. The molecule has 2 aromatic rings. The van der Waals surface area contributed by atoms with Crippen molar-refractivity contribution >= 4 is 23.5 Å². The zero-order valence-corrected chi connectivity index (χ0v) is 26.3. The third-order valence-electron chi connectivity index (χ3n) is 8.01. The Hall–Kier alpha value is -3.19. The van der Waals surface area contributed by atoms with Crippen LogP contribution in [-0.2, 0) is 4.79 Å². The molecule has 2 fully saturated rings. The summed E-state index contributed by atoms with van der Waals surface area (Å²) in [7, 11) is 1.75. The van der Waals surface area contributed by atoms with Gasteiger partial charge < -0.3 is 21.1 Å². The van der Waals surface area contributed by atoms with Gasteiger partial charge in [0.05, 0.1) is 5.41 Å². The van der Waals surface area contributed by atoms with Gasteiger partial charge in [0.2, 0.25) is 5.91 Å². The lowest BCUT2D eigenvalue weighted by molar-refractivity contribution is -0.128. The van der Waals surface area contributed by atoms with Gasteiger partial charge in [-0.05, 0) is 88.7 Å². The monoisotopic (exact) mass is 563 g/mol. The molecule has 1 amide bonds. The summed E-state index contributed by atoms with van der Waals surface area (Å²) in [5, 5.41) is 12.8. The number of benzene rings is 1. The molecule has 1 aromatic carbocycles. The van der Waals surface area contributed by atoms with Crippen LogP contribution in [-0.4, -0.2) is 60.3 Å².